The molecule has 0 aromatic heterocycles. The molecule has 4 nitrogen and oxygen atoms in total. The Morgan fingerprint density at radius 3 is 2.33 bits per heavy atom. The lowest BCUT2D eigenvalue weighted by Crippen LogP contribution is -2.49. The van der Waals surface area contributed by atoms with Crippen molar-refractivity contribution in [2.24, 2.45) is 0 Å². The number of likely N-dealkylation sites (tertiary alicyclic amines) is 1. The molecule has 0 aromatic rings. The van der Waals surface area contributed by atoms with E-state index in [4.69, 9.17) is 4.74 Å². The third-order valence-electron chi connectivity index (χ3n) is 2.75. The van der Waals surface area contributed by atoms with Crippen molar-refractivity contribution >= 4 is 6.09 Å². The fourth-order valence-corrected chi connectivity index (χ4v) is 1.72. The molecule has 0 aliphatic carbocycles. The molecule has 0 bridgehead atoms. The Labute approximate surface area is 91.2 Å². The fraction of sp³-hybridized carbons (Fsp3) is 0.909. The molecule has 1 amide bonds. The minimum absolute atomic E-state index is 0.343. The summed E-state index contributed by atoms with van der Waals surface area (Å²) in [5.74, 6) is 0. The van der Waals surface area contributed by atoms with Crippen LogP contribution < -0.4 is 0 Å². The van der Waals surface area contributed by atoms with E-state index >= 15 is 0 Å². The Bertz CT molecular complexity index is 255. The Balaban J connectivity index is 2.70. The maximum absolute atomic E-state index is 11.8. The predicted molar refractivity (Wildman–Crippen MR) is 57.6 cm³/mol. The zero-order chi connectivity index (χ0) is 11.9. The number of aliphatic hydroxyl groups excluding tert-OH is 1. The zero-order valence-corrected chi connectivity index (χ0v) is 10.2. The number of aliphatic hydroxyl groups is 1. The van der Waals surface area contributed by atoms with Crippen LogP contribution in [0.4, 0.5) is 4.79 Å². The van der Waals surface area contributed by atoms with Gasteiger partial charge < -0.3 is 14.7 Å². The van der Waals surface area contributed by atoms with Gasteiger partial charge in [-0.15, -0.1) is 0 Å². The average molecular weight is 215 g/mol. The van der Waals surface area contributed by atoms with Crippen molar-refractivity contribution in [2.45, 2.75) is 58.3 Å². The maximum atomic E-state index is 11.8. The molecule has 1 N–H and O–H groups in total. The molecule has 1 rings (SSSR count). The number of ether oxygens (including phenoxy) is 1. The number of hydrogen-bond donors (Lipinski definition) is 1. The molecule has 1 aliphatic heterocycles. The smallest absolute Gasteiger partial charge is 0.410 e. The van der Waals surface area contributed by atoms with E-state index in [1.165, 1.54) is 0 Å². The van der Waals surface area contributed by atoms with Gasteiger partial charge >= 0.3 is 6.09 Å². The molecule has 15 heavy (non-hydrogen) atoms. The summed E-state index contributed by atoms with van der Waals surface area (Å²) in [6.07, 6.45) is -0.194. The summed E-state index contributed by atoms with van der Waals surface area (Å²) < 4.78 is 5.28. The van der Waals surface area contributed by atoms with Gasteiger partial charge in [0, 0.05) is 6.54 Å². The number of nitrogens with zero attached hydrogens (tertiary/aromatic N) is 1. The Morgan fingerprint density at radius 2 is 2.00 bits per heavy atom. The second-order valence-electron chi connectivity index (χ2n) is 5.59. The molecule has 1 aliphatic rings. The molecular formula is C11H21NO3. The highest BCUT2D eigenvalue weighted by atomic mass is 16.6. The molecule has 0 spiro atoms. The first-order valence-corrected chi connectivity index (χ1v) is 5.33. The lowest BCUT2D eigenvalue weighted by atomic mass is 9.99. The van der Waals surface area contributed by atoms with Crippen molar-refractivity contribution in [1.82, 2.24) is 4.90 Å². The number of hydrogen-bond acceptors (Lipinski definition) is 3. The van der Waals surface area contributed by atoms with Crippen LogP contribution in [-0.4, -0.2) is 39.9 Å². The van der Waals surface area contributed by atoms with Crippen LogP contribution in [0.2, 0.25) is 0 Å². The SMILES string of the molecule is CC(C)(C)OC(=O)N1CC[C@@H](O)C1(C)C. The van der Waals surface area contributed by atoms with Gasteiger partial charge in [-0.1, -0.05) is 0 Å². The van der Waals surface area contributed by atoms with Crippen LogP contribution in [0.15, 0.2) is 0 Å². The summed E-state index contributed by atoms with van der Waals surface area (Å²) >= 11 is 0. The Morgan fingerprint density at radius 1 is 1.47 bits per heavy atom. The molecule has 1 saturated heterocycles. The molecule has 1 heterocycles. The van der Waals surface area contributed by atoms with Gasteiger partial charge in [-0.2, -0.15) is 0 Å². The first kappa shape index (κ1) is 12.3. The highest BCUT2D eigenvalue weighted by Crippen LogP contribution is 2.30. The van der Waals surface area contributed by atoms with Crippen molar-refractivity contribution in [3.05, 3.63) is 0 Å². The van der Waals surface area contributed by atoms with E-state index in [1.54, 1.807) is 4.90 Å². The molecule has 88 valence electrons. The van der Waals surface area contributed by atoms with E-state index in [1.807, 2.05) is 34.6 Å². The van der Waals surface area contributed by atoms with Gasteiger partial charge in [0.05, 0.1) is 11.6 Å². The normalized spacial score (nSPS) is 25.5. The van der Waals surface area contributed by atoms with E-state index < -0.39 is 17.2 Å². The second-order valence-corrected chi connectivity index (χ2v) is 5.59. The highest BCUT2D eigenvalue weighted by molar-refractivity contribution is 5.69. The molecular weight excluding hydrogens is 194 g/mol. The summed E-state index contributed by atoms with van der Waals surface area (Å²) in [6.45, 7) is 9.78. The van der Waals surface area contributed by atoms with Gasteiger partial charge in [0.25, 0.3) is 0 Å². The van der Waals surface area contributed by atoms with Gasteiger partial charge in [0.1, 0.15) is 5.60 Å². The van der Waals surface area contributed by atoms with Crippen molar-refractivity contribution in [1.29, 1.82) is 0 Å². The van der Waals surface area contributed by atoms with Crippen molar-refractivity contribution in [3.8, 4) is 0 Å². The number of rotatable bonds is 0. The predicted octanol–water partition coefficient (Wildman–Crippen LogP) is 1.77. The van der Waals surface area contributed by atoms with E-state index in [9.17, 15) is 9.90 Å². The molecule has 1 atom stereocenters. The minimum Gasteiger partial charge on any atom is -0.444 e. The van der Waals surface area contributed by atoms with E-state index in [0.717, 1.165) is 0 Å². The summed E-state index contributed by atoms with van der Waals surface area (Å²) in [5.41, 5.74) is -1.01. The first-order valence-electron chi connectivity index (χ1n) is 5.33. The van der Waals surface area contributed by atoms with Gasteiger partial charge in [-0.05, 0) is 41.0 Å². The number of carbonyl (C=O) groups is 1. The third-order valence-corrected chi connectivity index (χ3v) is 2.75. The van der Waals surface area contributed by atoms with Crippen LogP contribution in [0.3, 0.4) is 0 Å². The van der Waals surface area contributed by atoms with Crippen LogP contribution in [0.25, 0.3) is 0 Å². The van der Waals surface area contributed by atoms with Gasteiger partial charge in [-0.25, -0.2) is 4.79 Å². The van der Waals surface area contributed by atoms with Crippen LogP contribution in [-0.2, 0) is 4.74 Å². The number of carbonyl (C=O) groups excluding carboxylic acids is 1. The highest BCUT2D eigenvalue weighted by Gasteiger charge is 2.44. The maximum Gasteiger partial charge on any atom is 0.410 e. The van der Waals surface area contributed by atoms with Crippen molar-refractivity contribution < 1.29 is 14.6 Å². The summed E-state index contributed by atoms with van der Waals surface area (Å²) in [6, 6.07) is 0. The Kier molecular flexibility index (Phi) is 3.01. The minimum atomic E-state index is -0.525. The summed E-state index contributed by atoms with van der Waals surface area (Å²) in [4.78, 5) is 13.4. The van der Waals surface area contributed by atoms with Crippen LogP contribution in [0.5, 0.6) is 0 Å². The largest absolute Gasteiger partial charge is 0.444 e. The topological polar surface area (TPSA) is 49.8 Å². The summed E-state index contributed by atoms with van der Waals surface area (Å²) in [7, 11) is 0. The lowest BCUT2D eigenvalue weighted by molar-refractivity contribution is -0.00280. The molecule has 0 radical (unpaired) electrons. The molecule has 1 fully saturated rings. The second kappa shape index (κ2) is 3.67. The van der Waals surface area contributed by atoms with Crippen molar-refractivity contribution in [2.75, 3.05) is 6.54 Å². The van der Waals surface area contributed by atoms with Gasteiger partial charge in [-0.3, -0.25) is 0 Å². The summed E-state index contributed by atoms with van der Waals surface area (Å²) in [5, 5.41) is 9.73. The van der Waals surface area contributed by atoms with E-state index in [0.29, 0.717) is 13.0 Å². The average Bonchev–Trinajstić information content (AvgIpc) is 2.23. The van der Waals surface area contributed by atoms with Crippen LogP contribution >= 0.6 is 0 Å². The van der Waals surface area contributed by atoms with E-state index in [2.05, 4.69) is 0 Å². The molecule has 4 heteroatoms. The zero-order valence-electron chi connectivity index (χ0n) is 10.2. The standard InChI is InChI=1S/C11H21NO3/c1-10(2,3)15-9(14)12-7-6-8(13)11(12,4)5/h8,13H,6-7H2,1-5H3/t8-/m1/s1. The quantitative estimate of drug-likeness (QED) is 0.670. The van der Waals surface area contributed by atoms with Crippen LogP contribution in [0.1, 0.15) is 41.0 Å². The lowest BCUT2D eigenvalue weighted by Gasteiger charge is -2.34. The van der Waals surface area contributed by atoms with Gasteiger partial charge in [0.2, 0.25) is 0 Å². The van der Waals surface area contributed by atoms with E-state index in [-0.39, 0.29) is 6.09 Å². The molecule has 0 aromatic carbocycles. The molecule has 0 unspecified atom stereocenters. The third kappa shape index (κ3) is 2.62. The molecule has 0 saturated carbocycles. The van der Waals surface area contributed by atoms with Crippen molar-refractivity contribution in [3.63, 3.8) is 0 Å². The fourth-order valence-electron chi connectivity index (χ4n) is 1.72. The van der Waals surface area contributed by atoms with Crippen LogP contribution in [0, 0.1) is 0 Å². The first-order chi connectivity index (χ1) is 6.64. The Hall–Kier alpha value is -0.770. The number of amides is 1. The monoisotopic (exact) mass is 215 g/mol. The van der Waals surface area contributed by atoms with Gasteiger partial charge in [0.15, 0.2) is 0 Å².